The molecule has 3 N–H and O–H groups in total. The molecule has 6 heteroatoms. The Hall–Kier alpha value is -2.37. The van der Waals surface area contributed by atoms with Crippen LogP contribution in [0.5, 0.6) is 5.75 Å². The highest BCUT2D eigenvalue weighted by molar-refractivity contribution is 6.01. The minimum Gasteiger partial charge on any atom is -0.508 e. The number of hydrazone groups is 1. The summed E-state index contributed by atoms with van der Waals surface area (Å²) in [7, 11) is 0. The average Bonchev–Trinajstić information content (AvgIpc) is 2.44. The number of nitrogens with zero attached hydrogens (tertiary/aromatic N) is 1. The van der Waals surface area contributed by atoms with Crippen molar-refractivity contribution in [2.75, 3.05) is 0 Å². The minimum absolute atomic E-state index is 0.0104. The number of nitrogens with one attached hydrogen (secondary N) is 2. The molecule has 1 atom stereocenters. The summed E-state index contributed by atoms with van der Waals surface area (Å²) in [4.78, 5) is 23.4. The van der Waals surface area contributed by atoms with Crippen molar-refractivity contribution in [1.29, 1.82) is 0 Å². The van der Waals surface area contributed by atoms with Crippen LogP contribution in [0, 0.1) is 0 Å². The summed E-state index contributed by atoms with van der Waals surface area (Å²) >= 11 is 0. The van der Waals surface area contributed by atoms with Gasteiger partial charge in [0.2, 0.25) is 5.91 Å². The number of hydrogen-bond acceptors (Lipinski definition) is 4. The van der Waals surface area contributed by atoms with Crippen molar-refractivity contribution in [3.05, 3.63) is 29.8 Å². The lowest BCUT2D eigenvalue weighted by atomic mass is 10.2. The molecule has 1 rings (SSSR count). The molecule has 6 nitrogen and oxygen atoms in total. The van der Waals surface area contributed by atoms with Gasteiger partial charge in [0.15, 0.2) is 0 Å². The number of rotatable bonds is 6. The molecule has 0 aromatic heterocycles. The SMILES string of the molecule is CC[C@H](C)NC(=O)C/C(C)=N\NC(=O)c1cccc(O)c1. The van der Waals surface area contributed by atoms with Crippen LogP contribution in [0.25, 0.3) is 0 Å². The number of phenols is 1. The second kappa shape index (κ2) is 8.04. The van der Waals surface area contributed by atoms with Crippen molar-refractivity contribution in [3.8, 4) is 5.75 Å². The number of carbonyl (C=O) groups excluding carboxylic acids is 2. The second-order valence-corrected chi connectivity index (χ2v) is 4.89. The topological polar surface area (TPSA) is 90.8 Å². The van der Waals surface area contributed by atoms with E-state index in [0.29, 0.717) is 11.3 Å². The second-order valence-electron chi connectivity index (χ2n) is 4.89. The molecular weight excluding hydrogens is 270 g/mol. The molecule has 0 heterocycles. The Labute approximate surface area is 124 Å². The fraction of sp³-hybridized carbons (Fsp3) is 0.400. The van der Waals surface area contributed by atoms with Gasteiger partial charge in [-0.25, -0.2) is 5.43 Å². The van der Waals surface area contributed by atoms with Crippen LogP contribution in [-0.4, -0.2) is 28.7 Å². The number of amides is 2. The van der Waals surface area contributed by atoms with Crippen molar-refractivity contribution < 1.29 is 14.7 Å². The molecule has 0 fully saturated rings. The van der Waals surface area contributed by atoms with Gasteiger partial charge in [-0.1, -0.05) is 13.0 Å². The highest BCUT2D eigenvalue weighted by Crippen LogP contribution is 2.10. The molecule has 0 unspecified atom stereocenters. The van der Waals surface area contributed by atoms with Gasteiger partial charge in [0.25, 0.3) is 5.91 Å². The van der Waals surface area contributed by atoms with Gasteiger partial charge in [-0.2, -0.15) is 5.10 Å². The standard InChI is InChI=1S/C15H21N3O3/c1-4-10(2)16-14(20)8-11(3)17-18-15(21)12-6-5-7-13(19)9-12/h5-7,9-10,19H,4,8H2,1-3H3,(H,16,20)(H,18,21)/b17-11-/t10-/m0/s1. The van der Waals surface area contributed by atoms with Crippen molar-refractivity contribution in [3.63, 3.8) is 0 Å². The average molecular weight is 291 g/mol. The van der Waals surface area contributed by atoms with E-state index >= 15 is 0 Å². The first kappa shape index (κ1) is 16.7. The van der Waals surface area contributed by atoms with E-state index in [-0.39, 0.29) is 24.1 Å². The van der Waals surface area contributed by atoms with Crippen molar-refractivity contribution >= 4 is 17.5 Å². The van der Waals surface area contributed by atoms with Crippen molar-refractivity contribution in [2.45, 2.75) is 39.7 Å². The zero-order chi connectivity index (χ0) is 15.8. The van der Waals surface area contributed by atoms with Gasteiger partial charge in [-0.05, 0) is 38.5 Å². The van der Waals surface area contributed by atoms with E-state index in [9.17, 15) is 14.7 Å². The van der Waals surface area contributed by atoms with E-state index in [1.54, 1.807) is 19.1 Å². The van der Waals surface area contributed by atoms with Crippen LogP contribution < -0.4 is 10.7 Å². The molecule has 1 aromatic carbocycles. The predicted molar refractivity (Wildman–Crippen MR) is 81.2 cm³/mol. The number of aromatic hydroxyl groups is 1. The van der Waals surface area contributed by atoms with Crippen LogP contribution in [-0.2, 0) is 4.79 Å². The smallest absolute Gasteiger partial charge is 0.271 e. The van der Waals surface area contributed by atoms with E-state index < -0.39 is 5.91 Å². The maximum Gasteiger partial charge on any atom is 0.271 e. The quantitative estimate of drug-likeness (QED) is 0.551. The molecule has 1 aromatic rings. The number of phenolic OH excluding ortho intramolecular Hbond substituents is 1. The predicted octanol–water partition coefficient (Wildman–Crippen LogP) is 1.80. The molecule has 0 saturated heterocycles. The molecule has 0 aliphatic rings. The van der Waals surface area contributed by atoms with Gasteiger partial charge >= 0.3 is 0 Å². The molecule has 21 heavy (non-hydrogen) atoms. The van der Waals surface area contributed by atoms with Crippen LogP contribution in [0.1, 0.15) is 44.0 Å². The largest absolute Gasteiger partial charge is 0.508 e. The van der Waals surface area contributed by atoms with Crippen molar-refractivity contribution in [1.82, 2.24) is 10.7 Å². The Bertz CT molecular complexity index is 541. The van der Waals surface area contributed by atoms with E-state index in [0.717, 1.165) is 6.42 Å². The van der Waals surface area contributed by atoms with Gasteiger partial charge in [0.1, 0.15) is 5.75 Å². The monoisotopic (exact) mass is 291 g/mol. The van der Waals surface area contributed by atoms with Crippen molar-refractivity contribution in [2.24, 2.45) is 5.10 Å². The normalized spacial score (nSPS) is 12.6. The summed E-state index contributed by atoms with van der Waals surface area (Å²) in [5.41, 5.74) is 3.16. The Morgan fingerprint density at radius 1 is 1.38 bits per heavy atom. The highest BCUT2D eigenvalue weighted by Gasteiger charge is 2.08. The lowest BCUT2D eigenvalue weighted by molar-refractivity contribution is -0.120. The number of carbonyl (C=O) groups is 2. The zero-order valence-corrected chi connectivity index (χ0v) is 12.5. The number of hydrogen-bond donors (Lipinski definition) is 3. The van der Waals surface area contributed by atoms with E-state index in [1.165, 1.54) is 12.1 Å². The number of benzene rings is 1. The molecule has 0 saturated carbocycles. The van der Waals surface area contributed by atoms with Gasteiger partial charge in [-0.15, -0.1) is 0 Å². The molecule has 2 amide bonds. The third-order valence-electron chi connectivity index (χ3n) is 2.89. The Morgan fingerprint density at radius 3 is 2.71 bits per heavy atom. The lowest BCUT2D eigenvalue weighted by Crippen LogP contribution is -2.33. The Balaban J connectivity index is 2.52. The summed E-state index contributed by atoms with van der Waals surface area (Å²) in [6, 6.07) is 6.07. The van der Waals surface area contributed by atoms with Crippen LogP contribution >= 0.6 is 0 Å². The highest BCUT2D eigenvalue weighted by atomic mass is 16.3. The first-order valence-electron chi connectivity index (χ1n) is 6.84. The molecule has 0 radical (unpaired) electrons. The first-order valence-corrected chi connectivity index (χ1v) is 6.84. The molecule has 0 aliphatic carbocycles. The summed E-state index contributed by atoms with van der Waals surface area (Å²) in [6.45, 7) is 5.58. The van der Waals surface area contributed by atoms with Crippen LogP contribution in [0.2, 0.25) is 0 Å². The maximum absolute atomic E-state index is 11.8. The molecule has 0 aliphatic heterocycles. The summed E-state index contributed by atoms with van der Waals surface area (Å²) in [5, 5.41) is 16.0. The molecule has 0 bridgehead atoms. The van der Waals surface area contributed by atoms with Gasteiger partial charge in [0.05, 0.1) is 6.42 Å². The van der Waals surface area contributed by atoms with Crippen LogP contribution in [0.15, 0.2) is 29.4 Å². The summed E-state index contributed by atoms with van der Waals surface area (Å²) < 4.78 is 0. The minimum atomic E-state index is -0.437. The fourth-order valence-electron chi connectivity index (χ4n) is 1.56. The Morgan fingerprint density at radius 2 is 2.10 bits per heavy atom. The Kier molecular flexibility index (Phi) is 6.39. The maximum atomic E-state index is 11.8. The van der Waals surface area contributed by atoms with Gasteiger partial charge < -0.3 is 10.4 Å². The molecule has 114 valence electrons. The zero-order valence-electron chi connectivity index (χ0n) is 12.5. The lowest BCUT2D eigenvalue weighted by Gasteiger charge is -2.11. The van der Waals surface area contributed by atoms with Gasteiger partial charge in [0, 0.05) is 17.3 Å². The fourth-order valence-corrected chi connectivity index (χ4v) is 1.56. The third-order valence-corrected chi connectivity index (χ3v) is 2.89. The van der Waals surface area contributed by atoms with Gasteiger partial charge in [-0.3, -0.25) is 9.59 Å². The first-order chi connectivity index (χ1) is 9.92. The van der Waals surface area contributed by atoms with E-state index in [4.69, 9.17) is 0 Å². The van der Waals surface area contributed by atoms with Crippen LogP contribution in [0.4, 0.5) is 0 Å². The third kappa shape index (κ3) is 6.07. The summed E-state index contributed by atoms with van der Waals surface area (Å²) in [5.74, 6) is -0.555. The van der Waals surface area contributed by atoms with E-state index in [2.05, 4.69) is 15.8 Å². The molecular formula is C15H21N3O3. The van der Waals surface area contributed by atoms with E-state index in [1.807, 2.05) is 13.8 Å². The molecule has 0 spiro atoms. The van der Waals surface area contributed by atoms with Crippen LogP contribution in [0.3, 0.4) is 0 Å². The summed E-state index contributed by atoms with van der Waals surface area (Å²) in [6.07, 6.45) is 0.987.